The first kappa shape index (κ1) is 15.3. The van der Waals surface area contributed by atoms with Gasteiger partial charge in [-0.15, -0.1) is 0 Å². The van der Waals surface area contributed by atoms with Crippen LogP contribution in [0.5, 0.6) is 0 Å². The monoisotopic (exact) mass is 328 g/mol. The summed E-state index contributed by atoms with van der Waals surface area (Å²) in [4.78, 5) is 29.4. The van der Waals surface area contributed by atoms with E-state index in [0.717, 1.165) is 42.6 Å². The van der Waals surface area contributed by atoms with Gasteiger partial charge in [0.25, 0.3) is 0 Å². The number of amides is 2. The van der Waals surface area contributed by atoms with E-state index in [-0.39, 0.29) is 17.8 Å². The summed E-state index contributed by atoms with van der Waals surface area (Å²) in [5.74, 6) is 0.731. The topological polar surface area (TPSA) is 70.1 Å². The Kier molecular flexibility index (Phi) is 3.82. The van der Waals surface area contributed by atoms with Crippen LogP contribution in [0.3, 0.4) is 0 Å². The van der Waals surface area contributed by atoms with Crippen LogP contribution in [0.4, 0.5) is 4.79 Å². The molecular weight excluding hydrogens is 304 g/mol. The number of aromatic amines is 1. The van der Waals surface area contributed by atoms with Crippen LogP contribution in [0.25, 0.3) is 11.0 Å². The average Bonchev–Trinajstić information content (AvgIpc) is 2.89. The SMILES string of the molecule is CC1CC(NC(=O)N2CCC(n3c(=O)[nH]c4ccccc43)CC2)C1. The van der Waals surface area contributed by atoms with Crippen LogP contribution in [0.15, 0.2) is 29.1 Å². The van der Waals surface area contributed by atoms with E-state index in [1.165, 1.54) is 0 Å². The lowest BCUT2D eigenvalue weighted by atomic mass is 9.82. The number of urea groups is 1. The molecule has 1 saturated heterocycles. The average molecular weight is 328 g/mol. The second-order valence-electron chi connectivity index (χ2n) is 7.26. The Hall–Kier alpha value is -2.24. The number of rotatable bonds is 2. The Labute approximate surface area is 140 Å². The van der Waals surface area contributed by atoms with E-state index in [1.807, 2.05) is 33.7 Å². The highest BCUT2D eigenvalue weighted by Gasteiger charge is 2.30. The zero-order chi connectivity index (χ0) is 16.7. The quantitative estimate of drug-likeness (QED) is 0.889. The molecule has 1 aromatic carbocycles. The van der Waals surface area contributed by atoms with Gasteiger partial charge in [0.15, 0.2) is 0 Å². The molecule has 1 aliphatic carbocycles. The third kappa shape index (κ3) is 2.70. The Morgan fingerprint density at radius 1 is 1.21 bits per heavy atom. The molecule has 6 nitrogen and oxygen atoms in total. The van der Waals surface area contributed by atoms with E-state index < -0.39 is 0 Å². The molecule has 2 aromatic rings. The molecule has 2 amide bonds. The summed E-state index contributed by atoms with van der Waals surface area (Å²) in [6.07, 6.45) is 3.81. The predicted molar refractivity (Wildman–Crippen MR) is 93.1 cm³/mol. The molecule has 0 radical (unpaired) electrons. The van der Waals surface area contributed by atoms with E-state index in [4.69, 9.17) is 0 Å². The smallest absolute Gasteiger partial charge is 0.326 e. The predicted octanol–water partition coefficient (Wildman–Crippen LogP) is 2.47. The molecule has 1 aromatic heterocycles. The maximum atomic E-state index is 12.3. The number of hydrogen-bond acceptors (Lipinski definition) is 2. The summed E-state index contributed by atoms with van der Waals surface area (Å²) < 4.78 is 1.86. The van der Waals surface area contributed by atoms with Crippen LogP contribution >= 0.6 is 0 Å². The van der Waals surface area contributed by atoms with Gasteiger partial charge in [0.1, 0.15) is 0 Å². The number of carbonyl (C=O) groups excluding carboxylic acids is 1. The molecule has 2 aliphatic rings. The van der Waals surface area contributed by atoms with E-state index in [9.17, 15) is 9.59 Å². The summed E-state index contributed by atoms with van der Waals surface area (Å²) in [5, 5.41) is 3.12. The molecule has 2 fully saturated rings. The Bertz CT molecular complexity index is 795. The first-order chi connectivity index (χ1) is 11.6. The zero-order valence-corrected chi connectivity index (χ0v) is 14.0. The number of H-pyrrole nitrogens is 1. The first-order valence-electron chi connectivity index (χ1n) is 8.86. The number of fused-ring (bicyclic) bond motifs is 1. The zero-order valence-electron chi connectivity index (χ0n) is 14.0. The maximum Gasteiger partial charge on any atom is 0.326 e. The van der Waals surface area contributed by atoms with Crippen molar-refractivity contribution in [2.24, 2.45) is 5.92 Å². The second kappa shape index (κ2) is 6.00. The summed E-state index contributed by atoms with van der Waals surface area (Å²) in [5.41, 5.74) is 1.78. The van der Waals surface area contributed by atoms with Crippen molar-refractivity contribution in [3.8, 4) is 0 Å². The lowest BCUT2D eigenvalue weighted by molar-refractivity contribution is 0.155. The number of aromatic nitrogens is 2. The van der Waals surface area contributed by atoms with Gasteiger partial charge in [-0.3, -0.25) is 4.57 Å². The summed E-state index contributed by atoms with van der Waals surface area (Å²) in [6.45, 7) is 3.61. The fourth-order valence-corrected chi connectivity index (χ4v) is 4.05. The standard InChI is InChI=1S/C18H24N4O2/c1-12-10-13(11-12)19-17(23)21-8-6-14(7-9-21)22-16-5-3-2-4-15(16)20-18(22)24/h2-5,12-14H,6-11H2,1H3,(H,19,23)(H,20,24). The summed E-state index contributed by atoms with van der Waals surface area (Å²) >= 11 is 0. The number of imidazole rings is 1. The Balaban J connectivity index is 1.41. The van der Waals surface area contributed by atoms with Gasteiger partial charge >= 0.3 is 11.7 Å². The van der Waals surface area contributed by atoms with Gasteiger partial charge in [-0.2, -0.15) is 0 Å². The molecule has 0 unspecified atom stereocenters. The highest BCUT2D eigenvalue weighted by Crippen LogP contribution is 2.28. The summed E-state index contributed by atoms with van der Waals surface area (Å²) in [7, 11) is 0. The second-order valence-corrected chi connectivity index (χ2v) is 7.26. The third-order valence-corrected chi connectivity index (χ3v) is 5.44. The summed E-state index contributed by atoms with van der Waals surface area (Å²) in [6, 6.07) is 8.34. The Morgan fingerprint density at radius 2 is 1.92 bits per heavy atom. The number of likely N-dealkylation sites (tertiary alicyclic amines) is 1. The molecule has 6 heteroatoms. The van der Waals surface area contributed by atoms with Crippen LogP contribution < -0.4 is 11.0 Å². The lowest BCUT2D eigenvalue weighted by Crippen LogP contribution is -2.51. The number of carbonyl (C=O) groups is 1. The van der Waals surface area contributed by atoms with Gasteiger partial charge in [-0.05, 0) is 43.7 Å². The van der Waals surface area contributed by atoms with Crippen LogP contribution in [0, 0.1) is 5.92 Å². The fraction of sp³-hybridized carbons (Fsp3) is 0.556. The van der Waals surface area contributed by atoms with Crippen molar-refractivity contribution in [3.63, 3.8) is 0 Å². The third-order valence-electron chi connectivity index (χ3n) is 5.44. The van der Waals surface area contributed by atoms with Gasteiger partial charge in [0.2, 0.25) is 0 Å². The van der Waals surface area contributed by atoms with E-state index >= 15 is 0 Å². The molecule has 0 bridgehead atoms. The maximum absolute atomic E-state index is 12.3. The van der Waals surface area contributed by atoms with Crippen molar-refractivity contribution < 1.29 is 4.79 Å². The van der Waals surface area contributed by atoms with Gasteiger partial charge in [0, 0.05) is 25.2 Å². The number of nitrogens with zero attached hydrogens (tertiary/aromatic N) is 2. The van der Waals surface area contributed by atoms with Crippen molar-refractivity contribution in [3.05, 3.63) is 34.7 Å². The van der Waals surface area contributed by atoms with Crippen LogP contribution in [-0.4, -0.2) is 39.6 Å². The normalized spacial score (nSPS) is 24.8. The lowest BCUT2D eigenvalue weighted by Gasteiger charge is -2.37. The van der Waals surface area contributed by atoms with Crippen LogP contribution in [0.2, 0.25) is 0 Å². The molecular formula is C18H24N4O2. The minimum atomic E-state index is -0.0532. The van der Waals surface area contributed by atoms with Crippen molar-refractivity contribution >= 4 is 17.1 Å². The number of para-hydroxylation sites is 2. The van der Waals surface area contributed by atoms with Crippen molar-refractivity contribution in [1.82, 2.24) is 19.8 Å². The first-order valence-corrected chi connectivity index (χ1v) is 8.86. The van der Waals surface area contributed by atoms with E-state index in [0.29, 0.717) is 19.1 Å². The fourth-order valence-electron chi connectivity index (χ4n) is 4.05. The minimum absolute atomic E-state index is 0.0524. The number of nitrogens with one attached hydrogen (secondary N) is 2. The molecule has 1 aliphatic heterocycles. The van der Waals surface area contributed by atoms with Gasteiger partial charge in [-0.1, -0.05) is 19.1 Å². The molecule has 0 atom stereocenters. The van der Waals surface area contributed by atoms with Gasteiger partial charge in [-0.25, -0.2) is 9.59 Å². The molecule has 4 rings (SSSR count). The van der Waals surface area contributed by atoms with Crippen molar-refractivity contribution in [1.29, 1.82) is 0 Å². The van der Waals surface area contributed by atoms with Gasteiger partial charge < -0.3 is 15.2 Å². The minimum Gasteiger partial charge on any atom is -0.335 e. The number of hydrogen-bond donors (Lipinski definition) is 2. The molecule has 2 N–H and O–H groups in total. The molecule has 128 valence electrons. The van der Waals surface area contributed by atoms with Crippen LogP contribution in [-0.2, 0) is 0 Å². The van der Waals surface area contributed by atoms with E-state index in [2.05, 4.69) is 17.2 Å². The number of piperidine rings is 1. The largest absolute Gasteiger partial charge is 0.335 e. The van der Waals surface area contributed by atoms with Gasteiger partial charge in [0.05, 0.1) is 11.0 Å². The molecule has 24 heavy (non-hydrogen) atoms. The van der Waals surface area contributed by atoms with Crippen molar-refractivity contribution in [2.45, 2.75) is 44.7 Å². The van der Waals surface area contributed by atoms with Crippen molar-refractivity contribution in [2.75, 3.05) is 13.1 Å². The molecule has 2 heterocycles. The highest BCUT2D eigenvalue weighted by molar-refractivity contribution is 5.76. The van der Waals surface area contributed by atoms with E-state index in [1.54, 1.807) is 0 Å². The molecule has 1 saturated carbocycles. The highest BCUT2D eigenvalue weighted by atomic mass is 16.2. The number of benzene rings is 1. The molecule has 0 spiro atoms. The Morgan fingerprint density at radius 3 is 2.62 bits per heavy atom. The van der Waals surface area contributed by atoms with Crippen LogP contribution in [0.1, 0.15) is 38.6 Å².